The largest absolute Gasteiger partial charge is 0.494 e. The topological polar surface area (TPSA) is 43.4 Å². The molecule has 2 saturated heterocycles. The zero-order chi connectivity index (χ0) is 55.7. The highest BCUT2D eigenvalue weighted by atomic mass is 16.7. The van der Waals surface area contributed by atoms with Gasteiger partial charge in [-0.15, -0.1) is 0 Å². The Hall–Kier alpha value is -8.30. The zero-order valence-corrected chi connectivity index (χ0v) is 47.4. The summed E-state index contributed by atoms with van der Waals surface area (Å²) in [5.74, 6) is 0. The maximum atomic E-state index is 6.57. The van der Waals surface area contributed by atoms with Crippen molar-refractivity contribution in [3.8, 4) is 33.4 Å². The molecule has 2 heterocycles. The number of benzene rings is 10. The highest BCUT2D eigenvalue weighted by molar-refractivity contribution is 6.62. The van der Waals surface area contributed by atoms with Gasteiger partial charge in [0.05, 0.1) is 39.2 Å². The van der Waals surface area contributed by atoms with Gasteiger partial charge in [-0.2, -0.15) is 0 Å². The van der Waals surface area contributed by atoms with Gasteiger partial charge in [-0.1, -0.05) is 194 Å². The first-order chi connectivity index (χ1) is 39.1. The van der Waals surface area contributed by atoms with Gasteiger partial charge >= 0.3 is 7.12 Å². The molecular formula is C74H67BN2O4. The van der Waals surface area contributed by atoms with E-state index >= 15 is 0 Å². The van der Waals surface area contributed by atoms with Crippen molar-refractivity contribution < 1.29 is 18.8 Å². The molecule has 2 aliphatic heterocycles. The molecule has 0 spiro atoms. The van der Waals surface area contributed by atoms with Crippen molar-refractivity contribution >= 4 is 46.7 Å². The van der Waals surface area contributed by atoms with E-state index in [-0.39, 0.29) is 0 Å². The van der Waals surface area contributed by atoms with Crippen LogP contribution in [0.25, 0.3) is 33.4 Å². The highest BCUT2D eigenvalue weighted by Crippen LogP contribution is 2.59. The Morgan fingerprint density at radius 2 is 0.691 bits per heavy atom. The summed E-state index contributed by atoms with van der Waals surface area (Å²) >= 11 is 0. The summed E-state index contributed by atoms with van der Waals surface area (Å²) in [5, 5.41) is 0. The summed E-state index contributed by atoms with van der Waals surface area (Å²) in [6, 6.07) is 92.7. The minimum absolute atomic E-state index is 0.464. The molecule has 7 heteroatoms. The van der Waals surface area contributed by atoms with Crippen LogP contribution in [0, 0.1) is 0 Å². The lowest BCUT2D eigenvalue weighted by Gasteiger charge is -2.34. The molecule has 81 heavy (non-hydrogen) atoms. The Labute approximate surface area is 478 Å². The second-order valence-electron chi connectivity index (χ2n) is 23.7. The van der Waals surface area contributed by atoms with Crippen molar-refractivity contribution in [1.29, 1.82) is 0 Å². The van der Waals surface area contributed by atoms with Crippen LogP contribution in [0.2, 0.25) is 0 Å². The van der Waals surface area contributed by atoms with E-state index in [4.69, 9.17) is 18.8 Å². The molecule has 0 amide bonds. The van der Waals surface area contributed by atoms with Crippen LogP contribution in [-0.4, -0.2) is 29.5 Å². The Kier molecular flexibility index (Phi) is 12.9. The molecule has 0 bridgehead atoms. The fraction of sp³-hybridized carbons (Fsp3) is 0.189. The van der Waals surface area contributed by atoms with Gasteiger partial charge in [0.2, 0.25) is 0 Å². The summed E-state index contributed by atoms with van der Waals surface area (Å²) in [6.07, 6.45) is -0.490. The van der Waals surface area contributed by atoms with Gasteiger partial charge in [-0.25, -0.2) is 0 Å². The summed E-state index contributed by atoms with van der Waals surface area (Å²) in [6.45, 7) is 16.8. The molecule has 10 aromatic rings. The lowest BCUT2D eigenvalue weighted by molar-refractivity contribution is -0.0895. The number of nitrogens with zero attached hydrogens (tertiary/aromatic N) is 2. The van der Waals surface area contributed by atoms with Gasteiger partial charge in [-0.05, 0) is 166 Å². The first-order valence-electron chi connectivity index (χ1n) is 28.3. The Bertz CT molecular complexity index is 3610. The van der Waals surface area contributed by atoms with Gasteiger partial charge in [0, 0.05) is 39.4 Å². The third kappa shape index (κ3) is 8.91. The minimum Gasteiger partial charge on any atom is -0.399 e. The van der Waals surface area contributed by atoms with Crippen molar-refractivity contribution in [2.75, 3.05) is 9.80 Å². The predicted octanol–water partition coefficient (Wildman–Crippen LogP) is 18.2. The van der Waals surface area contributed by atoms with Gasteiger partial charge in [0.25, 0.3) is 0 Å². The second kappa shape index (κ2) is 20.1. The summed E-state index contributed by atoms with van der Waals surface area (Å²) < 4.78 is 26.3. The Morgan fingerprint density at radius 3 is 1.11 bits per heavy atom. The van der Waals surface area contributed by atoms with Crippen molar-refractivity contribution in [2.45, 2.75) is 89.5 Å². The van der Waals surface area contributed by atoms with Gasteiger partial charge in [0.15, 0.2) is 6.29 Å². The van der Waals surface area contributed by atoms with Crippen LogP contribution in [0.5, 0.6) is 0 Å². The summed E-state index contributed by atoms with van der Waals surface area (Å²) in [4.78, 5) is 4.82. The third-order valence-electron chi connectivity index (χ3n) is 17.8. The number of fused-ring (bicyclic) bond motifs is 3. The van der Waals surface area contributed by atoms with Crippen LogP contribution in [0.3, 0.4) is 0 Å². The van der Waals surface area contributed by atoms with Gasteiger partial charge in [0.1, 0.15) is 0 Å². The van der Waals surface area contributed by atoms with Gasteiger partial charge < -0.3 is 28.6 Å². The van der Waals surface area contributed by atoms with E-state index in [1.54, 1.807) is 0 Å². The lowest BCUT2D eigenvalue weighted by atomic mass is 9.67. The molecule has 400 valence electrons. The fourth-order valence-electron chi connectivity index (χ4n) is 12.2. The number of para-hydroxylation sites is 2. The van der Waals surface area contributed by atoms with Crippen molar-refractivity contribution in [3.63, 3.8) is 0 Å². The van der Waals surface area contributed by atoms with Crippen LogP contribution in [-0.2, 0) is 24.2 Å². The standard InChI is InChI=1S/C74H67BN2O4/c1-70(2)71(3,4)79-69(78-70)53-37-41-57(42-38-53)76(67-35-23-21-33-61(67)51-25-13-9-14-26-51)59-45-47-65-63(49-59)64-50-60(46-48-66(64)74(65,54-29-17-11-18-30-54)55-31-19-12-20-32-55)77(68-36-24-22-34-62(68)52-27-15-10-16-28-52)58-43-39-56(40-44-58)75-80-72(5,6)73(7,8)81-75/h9-50,69H,1-8H3. The smallest absolute Gasteiger partial charge is 0.399 e. The maximum Gasteiger partial charge on any atom is 0.494 e. The average Bonchev–Trinajstić information content (AvgIpc) is 2.44. The normalized spacial score (nSPS) is 17.1. The molecule has 6 nitrogen and oxygen atoms in total. The molecule has 3 aliphatic rings. The molecule has 13 rings (SSSR count). The highest BCUT2D eigenvalue weighted by Gasteiger charge is 2.52. The van der Waals surface area contributed by atoms with E-state index < -0.39 is 41.2 Å². The number of rotatable bonds is 12. The van der Waals surface area contributed by atoms with Crippen LogP contribution in [0.4, 0.5) is 34.1 Å². The average molecular weight is 1060 g/mol. The van der Waals surface area contributed by atoms with Crippen molar-refractivity contribution in [1.82, 2.24) is 0 Å². The number of hydrogen-bond donors (Lipinski definition) is 0. The monoisotopic (exact) mass is 1060 g/mol. The first-order valence-corrected chi connectivity index (χ1v) is 28.3. The van der Waals surface area contributed by atoms with E-state index in [0.717, 1.165) is 78.5 Å². The lowest BCUT2D eigenvalue weighted by Crippen LogP contribution is -2.41. The summed E-state index contributed by atoms with van der Waals surface area (Å²) in [7, 11) is -0.490. The van der Waals surface area contributed by atoms with Crippen LogP contribution < -0.4 is 15.3 Å². The quantitative estimate of drug-likeness (QED) is 0.114. The van der Waals surface area contributed by atoms with E-state index in [2.05, 4.69) is 320 Å². The zero-order valence-electron chi connectivity index (χ0n) is 47.4. The number of anilines is 6. The molecule has 0 unspecified atom stereocenters. The molecule has 0 saturated carbocycles. The molecule has 0 atom stereocenters. The Balaban J connectivity index is 1.03. The molecule has 1 aliphatic carbocycles. The first kappa shape index (κ1) is 52.1. The van der Waals surface area contributed by atoms with E-state index in [1.165, 1.54) is 22.3 Å². The summed E-state index contributed by atoms with van der Waals surface area (Å²) in [5.41, 5.74) is 17.3. The fourth-order valence-corrected chi connectivity index (χ4v) is 12.2. The third-order valence-corrected chi connectivity index (χ3v) is 17.8. The predicted molar refractivity (Wildman–Crippen MR) is 333 cm³/mol. The number of hydrogen-bond acceptors (Lipinski definition) is 6. The molecule has 10 aromatic carbocycles. The van der Waals surface area contributed by atoms with Crippen molar-refractivity contribution in [2.24, 2.45) is 0 Å². The second-order valence-corrected chi connectivity index (χ2v) is 23.7. The minimum atomic E-state index is -0.654. The van der Waals surface area contributed by atoms with E-state index in [0.29, 0.717) is 0 Å². The SMILES string of the molecule is CC1(C)OB(c2ccc(N(c3ccc4c(c3)-c3cc(N(c5ccc(C6OC(C)(C)C(C)(C)O6)cc5)c5ccccc5-c5ccccc5)ccc3C4(c3ccccc3)c3ccccc3)c3ccccc3-c3ccccc3)cc2)OC1(C)C. The maximum absolute atomic E-state index is 6.57. The van der Waals surface area contributed by atoms with E-state index in [1.807, 2.05) is 0 Å². The van der Waals surface area contributed by atoms with E-state index in [9.17, 15) is 0 Å². The molecular weight excluding hydrogens is 992 g/mol. The molecule has 0 aromatic heterocycles. The van der Waals surface area contributed by atoms with Crippen LogP contribution in [0.1, 0.15) is 89.5 Å². The van der Waals surface area contributed by atoms with Crippen LogP contribution >= 0.6 is 0 Å². The number of ether oxygens (including phenoxy) is 2. The van der Waals surface area contributed by atoms with Crippen LogP contribution in [0.15, 0.2) is 255 Å². The molecule has 0 N–H and O–H groups in total. The Morgan fingerprint density at radius 1 is 0.333 bits per heavy atom. The molecule has 0 radical (unpaired) electrons. The van der Waals surface area contributed by atoms with Crippen molar-refractivity contribution in [3.05, 3.63) is 283 Å². The molecule has 2 fully saturated rings. The van der Waals surface area contributed by atoms with Gasteiger partial charge in [-0.3, -0.25) is 0 Å².